The third kappa shape index (κ3) is 2.97. The molecular weight excluding hydrogens is 285 g/mol. The molecule has 0 aliphatic rings. The minimum absolute atomic E-state index is 0.246. The molecule has 0 atom stereocenters. The number of hydrogen-bond acceptors (Lipinski definition) is 3. The Labute approximate surface area is 120 Å². The Morgan fingerprint density at radius 2 is 2.05 bits per heavy atom. The molecular formula is C13H11Cl2N3O. The topological polar surface area (TPSA) is 68.0 Å². The minimum Gasteiger partial charge on any atom is -0.398 e. The van der Waals surface area contributed by atoms with Gasteiger partial charge in [0, 0.05) is 11.8 Å². The van der Waals surface area contributed by atoms with Crippen LogP contribution in [0.4, 0.5) is 11.4 Å². The molecule has 4 nitrogen and oxygen atoms in total. The second-order valence-corrected chi connectivity index (χ2v) is 4.75. The van der Waals surface area contributed by atoms with E-state index in [-0.39, 0.29) is 11.1 Å². The monoisotopic (exact) mass is 295 g/mol. The van der Waals surface area contributed by atoms with Crippen molar-refractivity contribution in [2.75, 3.05) is 11.1 Å². The van der Waals surface area contributed by atoms with Gasteiger partial charge in [-0.05, 0) is 36.8 Å². The Balaban J connectivity index is 2.28. The Morgan fingerprint density at radius 3 is 2.68 bits per heavy atom. The van der Waals surface area contributed by atoms with E-state index in [4.69, 9.17) is 28.9 Å². The van der Waals surface area contributed by atoms with Crippen molar-refractivity contribution in [1.82, 2.24) is 4.98 Å². The zero-order chi connectivity index (χ0) is 14.0. The van der Waals surface area contributed by atoms with Crippen LogP contribution in [0.3, 0.4) is 0 Å². The lowest BCUT2D eigenvalue weighted by Crippen LogP contribution is -2.13. The number of benzene rings is 1. The molecule has 0 saturated heterocycles. The molecule has 1 amide bonds. The van der Waals surface area contributed by atoms with E-state index in [0.717, 1.165) is 5.56 Å². The van der Waals surface area contributed by atoms with E-state index in [2.05, 4.69) is 10.3 Å². The van der Waals surface area contributed by atoms with Crippen molar-refractivity contribution in [2.45, 2.75) is 6.92 Å². The number of carbonyl (C=O) groups excluding carboxylic acids is 1. The minimum atomic E-state index is -0.318. The second-order valence-electron chi connectivity index (χ2n) is 3.98. The largest absolute Gasteiger partial charge is 0.398 e. The number of amides is 1. The van der Waals surface area contributed by atoms with Gasteiger partial charge in [0.2, 0.25) is 0 Å². The molecule has 2 rings (SSSR count). The second kappa shape index (κ2) is 5.47. The normalized spacial score (nSPS) is 10.3. The van der Waals surface area contributed by atoms with Gasteiger partial charge in [0.25, 0.3) is 5.91 Å². The molecule has 2 aromatic rings. The molecule has 0 radical (unpaired) electrons. The molecule has 0 spiro atoms. The summed E-state index contributed by atoms with van der Waals surface area (Å²) in [4.78, 5) is 16.0. The molecule has 0 saturated carbocycles. The van der Waals surface area contributed by atoms with Crippen molar-refractivity contribution in [3.05, 3.63) is 51.8 Å². The summed E-state index contributed by atoms with van der Waals surface area (Å²) < 4.78 is 0. The van der Waals surface area contributed by atoms with Gasteiger partial charge in [0.1, 0.15) is 0 Å². The van der Waals surface area contributed by atoms with E-state index in [0.29, 0.717) is 22.0 Å². The van der Waals surface area contributed by atoms with Gasteiger partial charge in [0.15, 0.2) is 5.15 Å². The van der Waals surface area contributed by atoms with Gasteiger partial charge in [-0.3, -0.25) is 4.79 Å². The van der Waals surface area contributed by atoms with E-state index in [9.17, 15) is 4.79 Å². The average Bonchev–Trinajstić information content (AvgIpc) is 2.37. The Morgan fingerprint density at radius 1 is 1.32 bits per heavy atom. The molecule has 6 heteroatoms. The number of hydrogen-bond donors (Lipinski definition) is 2. The molecule has 1 aromatic carbocycles. The molecule has 19 heavy (non-hydrogen) atoms. The Hall–Kier alpha value is -1.78. The van der Waals surface area contributed by atoms with E-state index >= 15 is 0 Å². The number of nitrogens with one attached hydrogen (secondary N) is 1. The van der Waals surface area contributed by atoms with Crippen LogP contribution in [0.25, 0.3) is 0 Å². The molecule has 1 aromatic heterocycles. The molecule has 1 heterocycles. The van der Waals surface area contributed by atoms with Crippen LogP contribution < -0.4 is 11.1 Å². The van der Waals surface area contributed by atoms with Crippen molar-refractivity contribution in [2.24, 2.45) is 0 Å². The highest BCUT2D eigenvalue weighted by Crippen LogP contribution is 2.24. The number of aryl methyl sites for hydroxylation is 1. The standard InChI is InChI=1S/C13H11Cl2N3O/c1-7-4-5-17-12(15)11(7)18-13(19)8-2-3-9(14)10(16)6-8/h2-6H,16H2,1H3,(H,18,19). The zero-order valence-electron chi connectivity index (χ0n) is 10.1. The van der Waals surface area contributed by atoms with Gasteiger partial charge in [-0.15, -0.1) is 0 Å². The smallest absolute Gasteiger partial charge is 0.255 e. The first-order valence-electron chi connectivity index (χ1n) is 5.46. The maximum absolute atomic E-state index is 12.1. The van der Waals surface area contributed by atoms with Crippen LogP contribution >= 0.6 is 23.2 Å². The molecule has 0 aliphatic carbocycles. The van der Waals surface area contributed by atoms with Gasteiger partial charge >= 0.3 is 0 Å². The third-order valence-electron chi connectivity index (χ3n) is 2.61. The summed E-state index contributed by atoms with van der Waals surface area (Å²) in [6.45, 7) is 1.83. The predicted molar refractivity (Wildman–Crippen MR) is 77.8 cm³/mol. The number of halogens is 2. The number of nitrogens with two attached hydrogens (primary N) is 1. The fourth-order valence-electron chi connectivity index (χ4n) is 1.55. The molecule has 0 unspecified atom stereocenters. The number of carbonyl (C=O) groups is 1. The van der Waals surface area contributed by atoms with Crippen LogP contribution in [0.5, 0.6) is 0 Å². The number of rotatable bonds is 2. The molecule has 0 bridgehead atoms. The quantitative estimate of drug-likeness (QED) is 0.658. The van der Waals surface area contributed by atoms with E-state index in [1.165, 1.54) is 6.07 Å². The average molecular weight is 296 g/mol. The van der Waals surface area contributed by atoms with Crippen LogP contribution in [0.15, 0.2) is 30.5 Å². The van der Waals surface area contributed by atoms with Crippen LogP contribution in [0, 0.1) is 6.92 Å². The zero-order valence-corrected chi connectivity index (χ0v) is 11.6. The number of nitrogen functional groups attached to an aromatic ring is 1. The first-order chi connectivity index (χ1) is 8.99. The highest BCUT2D eigenvalue weighted by Gasteiger charge is 2.12. The highest BCUT2D eigenvalue weighted by atomic mass is 35.5. The SMILES string of the molecule is Cc1ccnc(Cl)c1NC(=O)c1ccc(Cl)c(N)c1. The summed E-state index contributed by atoms with van der Waals surface area (Å²) in [5, 5.41) is 3.36. The van der Waals surface area contributed by atoms with Gasteiger partial charge in [-0.2, -0.15) is 0 Å². The lowest BCUT2D eigenvalue weighted by atomic mass is 10.1. The first-order valence-corrected chi connectivity index (χ1v) is 6.22. The molecule has 3 N–H and O–H groups in total. The summed E-state index contributed by atoms with van der Waals surface area (Å²) in [5.74, 6) is -0.318. The summed E-state index contributed by atoms with van der Waals surface area (Å²) in [7, 11) is 0. The molecule has 0 aliphatic heterocycles. The van der Waals surface area contributed by atoms with Crippen LogP contribution in [0.1, 0.15) is 15.9 Å². The van der Waals surface area contributed by atoms with Crippen molar-refractivity contribution in [1.29, 1.82) is 0 Å². The van der Waals surface area contributed by atoms with Crippen molar-refractivity contribution >= 4 is 40.5 Å². The van der Waals surface area contributed by atoms with Crippen molar-refractivity contribution in [3.63, 3.8) is 0 Å². The Bertz CT molecular complexity index is 624. The lowest BCUT2D eigenvalue weighted by Gasteiger charge is -2.10. The summed E-state index contributed by atoms with van der Waals surface area (Å²) >= 11 is 11.8. The maximum Gasteiger partial charge on any atom is 0.255 e. The van der Waals surface area contributed by atoms with E-state index < -0.39 is 0 Å². The van der Waals surface area contributed by atoms with Gasteiger partial charge in [-0.25, -0.2) is 4.98 Å². The number of aromatic nitrogens is 1. The van der Waals surface area contributed by atoms with Crippen LogP contribution in [-0.2, 0) is 0 Å². The van der Waals surface area contributed by atoms with E-state index in [1.807, 2.05) is 6.92 Å². The number of anilines is 2. The third-order valence-corrected chi connectivity index (χ3v) is 3.24. The summed E-state index contributed by atoms with van der Waals surface area (Å²) in [6, 6.07) is 6.44. The fraction of sp³-hybridized carbons (Fsp3) is 0.0769. The van der Waals surface area contributed by atoms with Crippen LogP contribution in [-0.4, -0.2) is 10.9 Å². The Kier molecular flexibility index (Phi) is 3.93. The summed E-state index contributed by atoms with van der Waals surface area (Å²) in [6.07, 6.45) is 1.58. The lowest BCUT2D eigenvalue weighted by molar-refractivity contribution is 0.102. The first kappa shape index (κ1) is 13.6. The maximum atomic E-state index is 12.1. The van der Waals surface area contributed by atoms with Gasteiger partial charge in [-0.1, -0.05) is 23.2 Å². The predicted octanol–water partition coefficient (Wildman–Crippen LogP) is 3.53. The van der Waals surface area contributed by atoms with Crippen molar-refractivity contribution < 1.29 is 4.79 Å². The highest BCUT2D eigenvalue weighted by molar-refractivity contribution is 6.33. The fourth-order valence-corrected chi connectivity index (χ4v) is 1.92. The van der Waals surface area contributed by atoms with Gasteiger partial charge in [0.05, 0.1) is 16.4 Å². The number of pyridine rings is 1. The summed E-state index contributed by atoms with van der Waals surface area (Å²) in [5.41, 5.74) is 7.73. The number of nitrogens with zero attached hydrogens (tertiary/aromatic N) is 1. The van der Waals surface area contributed by atoms with E-state index in [1.54, 1.807) is 24.4 Å². The van der Waals surface area contributed by atoms with Crippen LogP contribution in [0.2, 0.25) is 10.2 Å². The van der Waals surface area contributed by atoms with Crippen molar-refractivity contribution in [3.8, 4) is 0 Å². The molecule has 98 valence electrons. The van der Waals surface area contributed by atoms with Gasteiger partial charge < -0.3 is 11.1 Å². The molecule has 0 fully saturated rings.